The van der Waals surface area contributed by atoms with Crippen LogP contribution >= 0.6 is 22.9 Å². The molecule has 0 aliphatic rings. The first-order chi connectivity index (χ1) is 13.9. The molecule has 0 spiro atoms. The Kier molecular flexibility index (Phi) is 6.79. The summed E-state index contributed by atoms with van der Waals surface area (Å²) in [4.78, 5) is 27.9. The van der Waals surface area contributed by atoms with Crippen LogP contribution in [-0.2, 0) is 9.59 Å². The zero-order valence-electron chi connectivity index (χ0n) is 15.8. The zero-order valence-corrected chi connectivity index (χ0v) is 17.4. The van der Waals surface area contributed by atoms with Crippen molar-refractivity contribution in [2.45, 2.75) is 19.0 Å². The smallest absolute Gasteiger partial charge is 0.239 e. The van der Waals surface area contributed by atoms with Gasteiger partial charge in [-0.2, -0.15) is 0 Å². The molecule has 1 heterocycles. The summed E-state index contributed by atoms with van der Waals surface area (Å²) < 4.78 is 14.7. The minimum atomic E-state index is -0.635. The molecule has 2 unspecified atom stereocenters. The predicted molar refractivity (Wildman–Crippen MR) is 113 cm³/mol. The number of carbonyl (C=O) groups excluding carboxylic acids is 2. The third-order valence-corrected chi connectivity index (χ3v) is 5.73. The number of rotatable bonds is 8. The summed E-state index contributed by atoms with van der Waals surface area (Å²) in [6.45, 7) is 2.06. The first-order valence-electron chi connectivity index (χ1n) is 8.89. The summed E-state index contributed by atoms with van der Waals surface area (Å²) >= 11 is 7.56. The molecule has 0 fully saturated rings. The van der Waals surface area contributed by atoms with Crippen LogP contribution in [0.5, 0.6) is 0 Å². The lowest BCUT2D eigenvalue weighted by molar-refractivity contribution is -0.123. The van der Waals surface area contributed by atoms with E-state index in [1.807, 2.05) is 25.1 Å². The number of hydrogen-bond donors (Lipinski definition) is 3. The van der Waals surface area contributed by atoms with Gasteiger partial charge in [-0.05, 0) is 49.4 Å². The number of amides is 2. The van der Waals surface area contributed by atoms with E-state index >= 15 is 0 Å². The molecular weight excluding hydrogens is 415 g/mol. The number of nitrogens with one attached hydrogen (secondary N) is 3. The van der Waals surface area contributed by atoms with Crippen LogP contribution in [0.25, 0.3) is 10.2 Å². The maximum atomic E-state index is 13.7. The number of aromatic nitrogens is 1. The number of nitrogens with zero attached hydrogens (tertiary/aromatic N) is 1. The highest BCUT2D eigenvalue weighted by atomic mass is 35.5. The van der Waals surface area contributed by atoms with Crippen molar-refractivity contribution in [3.63, 3.8) is 0 Å². The second-order valence-corrected chi connectivity index (χ2v) is 8.08. The quantitative estimate of drug-likeness (QED) is 0.476. The van der Waals surface area contributed by atoms with Crippen molar-refractivity contribution in [3.05, 3.63) is 63.4 Å². The molecule has 3 N–H and O–H groups in total. The van der Waals surface area contributed by atoms with Gasteiger partial charge in [0.1, 0.15) is 11.9 Å². The van der Waals surface area contributed by atoms with Gasteiger partial charge >= 0.3 is 0 Å². The zero-order chi connectivity index (χ0) is 21.0. The molecule has 2 amide bonds. The Labute approximate surface area is 176 Å². The van der Waals surface area contributed by atoms with Gasteiger partial charge in [0.05, 0.1) is 26.3 Å². The van der Waals surface area contributed by atoms with E-state index in [9.17, 15) is 14.0 Å². The number of halogens is 2. The highest BCUT2D eigenvalue weighted by Crippen LogP contribution is 2.30. The first-order valence-corrected chi connectivity index (χ1v) is 10.1. The second-order valence-electron chi connectivity index (χ2n) is 6.44. The standard InChI is InChI=1S/C20H20ClFN4O2S/c1-11-25-16-8-13(4-6-18(16)29-11)19(12-3-5-15(22)14(21)7-12)26-20(28)17(23-2)9-24-10-27/h3-8,10,17,19,23H,9H2,1-2H3,(H,24,27)(H,26,28). The lowest BCUT2D eigenvalue weighted by atomic mass is 9.97. The summed E-state index contributed by atoms with van der Waals surface area (Å²) in [5.41, 5.74) is 2.25. The number of benzene rings is 2. The van der Waals surface area contributed by atoms with Crippen LogP contribution in [0.2, 0.25) is 5.02 Å². The maximum Gasteiger partial charge on any atom is 0.239 e. The molecule has 0 saturated heterocycles. The molecule has 152 valence electrons. The third-order valence-electron chi connectivity index (χ3n) is 4.49. The van der Waals surface area contributed by atoms with Crippen LogP contribution < -0.4 is 16.0 Å². The summed E-state index contributed by atoms with van der Waals surface area (Å²) in [5.74, 6) is -0.851. The normalized spacial score (nSPS) is 13.1. The highest BCUT2D eigenvalue weighted by molar-refractivity contribution is 7.18. The molecule has 0 radical (unpaired) electrons. The van der Waals surface area contributed by atoms with Crippen molar-refractivity contribution in [3.8, 4) is 0 Å². The van der Waals surface area contributed by atoms with Gasteiger partial charge in [0.15, 0.2) is 0 Å². The Morgan fingerprint density at radius 3 is 2.69 bits per heavy atom. The molecule has 3 rings (SSSR count). The van der Waals surface area contributed by atoms with Gasteiger partial charge in [-0.1, -0.05) is 23.7 Å². The molecule has 29 heavy (non-hydrogen) atoms. The van der Waals surface area contributed by atoms with Crippen LogP contribution in [-0.4, -0.2) is 36.9 Å². The minimum absolute atomic E-state index is 0.0277. The Balaban J connectivity index is 1.99. The van der Waals surface area contributed by atoms with Crippen molar-refractivity contribution in [1.82, 2.24) is 20.9 Å². The van der Waals surface area contributed by atoms with E-state index in [0.29, 0.717) is 12.0 Å². The van der Waals surface area contributed by atoms with Crippen molar-refractivity contribution in [2.75, 3.05) is 13.6 Å². The molecule has 0 saturated carbocycles. The van der Waals surface area contributed by atoms with Gasteiger partial charge in [-0.25, -0.2) is 9.37 Å². The number of thiazole rings is 1. The lowest BCUT2D eigenvalue weighted by Gasteiger charge is -2.23. The van der Waals surface area contributed by atoms with Gasteiger partial charge in [-0.3, -0.25) is 9.59 Å². The molecule has 2 aromatic carbocycles. The molecule has 1 aromatic heterocycles. The van der Waals surface area contributed by atoms with Crippen molar-refractivity contribution >= 4 is 45.5 Å². The SMILES string of the molecule is CNC(CNC=O)C(=O)NC(c1ccc(F)c(Cl)c1)c1ccc2sc(C)nc2c1. The van der Waals surface area contributed by atoms with Crippen LogP contribution in [0.1, 0.15) is 22.2 Å². The van der Waals surface area contributed by atoms with Crippen LogP contribution in [0, 0.1) is 12.7 Å². The largest absolute Gasteiger partial charge is 0.357 e. The molecule has 9 heteroatoms. The van der Waals surface area contributed by atoms with Gasteiger partial charge in [-0.15, -0.1) is 11.3 Å². The van der Waals surface area contributed by atoms with Gasteiger partial charge in [0.2, 0.25) is 12.3 Å². The van der Waals surface area contributed by atoms with Crippen LogP contribution in [0.15, 0.2) is 36.4 Å². The fourth-order valence-corrected chi connectivity index (χ4v) is 4.02. The van der Waals surface area contributed by atoms with E-state index < -0.39 is 17.9 Å². The molecule has 0 bridgehead atoms. The molecule has 0 aliphatic heterocycles. The fraction of sp³-hybridized carbons (Fsp3) is 0.250. The third kappa shape index (κ3) is 4.90. The maximum absolute atomic E-state index is 13.7. The van der Waals surface area contributed by atoms with Gasteiger partial charge in [0, 0.05) is 6.54 Å². The number of likely N-dealkylation sites (N-methyl/N-ethyl adjacent to an activating group) is 1. The van der Waals surface area contributed by atoms with Crippen LogP contribution in [0.3, 0.4) is 0 Å². The summed E-state index contributed by atoms with van der Waals surface area (Å²) in [6, 6.07) is 8.90. The van der Waals surface area contributed by atoms with E-state index in [1.165, 1.54) is 12.1 Å². The topological polar surface area (TPSA) is 83.1 Å². The van der Waals surface area contributed by atoms with E-state index in [0.717, 1.165) is 20.8 Å². The van der Waals surface area contributed by atoms with Crippen molar-refractivity contribution in [2.24, 2.45) is 0 Å². The lowest BCUT2D eigenvalue weighted by Crippen LogP contribution is -2.49. The fourth-order valence-electron chi connectivity index (χ4n) is 3.02. The number of fused-ring (bicyclic) bond motifs is 1. The molecule has 3 aromatic rings. The van der Waals surface area contributed by atoms with Gasteiger partial charge in [0.25, 0.3) is 0 Å². The summed E-state index contributed by atoms with van der Waals surface area (Å²) in [6.07, 6.45) is 0.535. The molecule has 2 atom stereocenters. The summed E-state index contributed by atoms with van der Waals surface area (Å²) in [5, 5.41) is 9.24. The summed E-state index contributed by atoms with van der Waals surface area (Å²) in [7, 11) is 1.63. The Morgan fingerprint density at radius 1 is 1.28 bits per heavy atom. The van der Waals surface area contributed by atoms with Crippen molar-refractivity contribution in [1.29, 1.82) is 0 Å². The Hall–Kier alpha value is -2.55. The number of hydrogen-bond acceptors (Lipinski definition) is 5. The monoisotopic (exact) mass is 434 g/mol. The Morgan fingerprint density at radius 2 is 2.00 bits per heavy atom. The van der Waals surface area contributed by atoms with E-state index in [2.05, 4.69) is 20.9 Å². The molecular formula is C20H20ClFN4O2S. The van der Waals surface area contributed by atoms with Gasteiger partial charge < -0.3 is 16.0 Å². The molecule has 0 aliphatic carbocycles. The van der Waals surface area contributed by atoms with Crippen molar-refractivity contribution < 1.29 is 14.0 Å². The van der Waals surface area contributed by atoms with E-state index in [4.69, 9.17) is 11.6 Å². The average molecular weight is 435 g/mol. The highest BCUT2D eigenvalue weighted by Gasteiger charge is 2.23. The van der Waals surface area contributed by atoms with E-state index in [1.54, 1.807) is 24.5 Å². The average Bonchev–Trinajstić information content (AvgIpc) is 3.08. The second kappa shape index (κ2) is 9.30. The van der Waals surface area contributed by atoms with E-state index in [-0.39, 0.29) is 17.5 Å². The minimum Gasteiger partial charge on any atom is -0.357 e. The van der Waals surface area contributed by atoms with Crippen LogP contribution in [0.4, 0.5) is 4.39 Å². The first kappa shape index (κ1) is 21.2. The predicted octanol–water partition coefficient (Wildman–Crippen LogP) is 2.94. The number of carbonyl (C=O) groups is 2. The molecule has 6 nitrogen and oxygen atoms in total. The Bertz CT molecular complexity index is 1040. The number of aryl methyl sites for hydroxylation is 1.